The first-order valence-corrected chi connectivity index (χ1v) is 5.13. The highest BCUT2D eigenvalue weighted by Crippen LogP contribution is 2.19. The van der Waals surface area contributed by atoms with Crippen LogP contribution in [0, 0.1) is 9.39 Å². The van der Waals surface area contributed by atoms with Crippen LogP contribution in [0.3, 0.4) is 0 Å². The fourth-order valence-electron chi connectivity index (χ4n) is 0.748. The molecular formula is C9H11FINO2. The van der Waals surface area contributed by atoms with Gasteiger partial charge in [0.2, 0.25) is 0 Å². The molecule has 0 bridgehead atoms. The molecule has 0 saturated heterocycles. The Morgan fingerprint density at radius 3 is 2.86 bits per heavy atom. The Hall–Kier alpha value is -0.430. The lowest BCUT2D eigenvalue weighted by Gasteiger charge is -2.17. The minimum atomic E-state index is -0.991. The summed E-state index contributed by atoms with van der Waals surface area (Å²) in [5, 5.41) is 9.36. The van der Waals surface area contributed by atoms with E-state index < -0.39 is 11.4 Å². The van der Waals surface area contributed by atoms with E-state index in [-0.39, 0.29) is 12.5 Å². The van der Waals surface area contributed by atoms with Gasteiger partial charge in [0.1, 0.15) is 6.61 Å². The van der Waals surface area contributed by atoms with Crippen molar-refractivity contribution in [3.8, 4) is 5.88 Å². The maximum absolute atomic E-state index is 13.3. The van der Waals surface area contributed by atoms with Crippen LogP contribution in [0.1, 0.15) is 13.8 Å². The summed E-state index contributed by atoms with van der Waals surface area (Å²) < 4.78 is 18.8. The monoisotopic (exact) mass is 311 g/mol. The summed E-state index contributed by atoms with van der Waals surface area (Å²) in [7, 11) is 0. The second-order valence-corrected chi connectivity index (χ2v) is 4.68. The quantitative estimate of drug-likeness (QED) is 0.868. The summed E-state index contributed by atoms with van der Waals surface area (Å²) in [4.78, 5) is 3.73. The summed E-state index contributed by atoms with van der Waals surface area (Å²) in [5.41, 5.74) is -0.991. The normalized spacial score (nSPS) is 11.5. The predicted octanol–water partition coefficient (Wildman–Crippen LogP) is 1.98. The van der Waals surface area contributed by atoms with Gasteiger partial charge in [-0.3, -0.25) is 0 Å². The maximum Gasteiger partial charge on any atom is 0.251 e. The third-order valence-corrected chi connectivity index (χ3v) is 2.21. The molecule has 0 amide bonds. The highest BCUT2D eigenvalue weighted by atomic mass is 127. The highest BCUT2D eigenvalue weighted by Gasteiger charge is 2.16. The van der Waals surface area contributed by atoms with Gasteiger partial charge in [-0.1, -0.05) is 0 Å². The fraction of sp³-hybridized carbons (Fsp3) is 0.444. The molecule has 1 N–H and O–H groups in total. The largest absolute Gasteiger partial charge is 0.473 e. The van der Waals surface area contributed by atoms with E-state index in [1.807, 2.05) is 22.6 Å². The van der Waals surface area contributed by atoms with Crippen LogP contribution in [0.5, 0.6) is 5.88 Å². The Labute approximate surface area is 95.4 Å². The highest BCUT2D eigenvalue weighted by molar-refractivity contribution is 14.1. The fourth-order valence-corrected chi connectivity index (χ4v) is 1.14. The first-order chi connectivity index (χ1) is 6.40. The smallest absolute Gasteiger partial charge is 0.251 e. The van der Waals surface area contributed by atoms with Crippen LogP contribution in [0.4, 0.5) is 4.39 Å². The average molecular weight is 311 g/mol. The van der Waals surface area contributed by atoms with Crippen molar-refractivity contribution >= 4 is 22.6 Å². The van der Waals surface area contributed by atoms with Gasteiger partial charge in [-0.2, -0.15) is 4.39 Å². The van der Waals surface area contributed by atoms with Gasteiger partial charge in [-0.15, -0.1) is 0 Å². The lowest BCUT2D eigenvalue weighted by Crippen LogP contribution is -2.28. The van der Waals surface area contributed by atoms with Gasteiger partial charge >= 0.3 is 0 Å². The molecule has 0 radical (unpaired) electrons. The van der Waals surface area contributed by atoms with Crippen LogP contribution in [0.25, 0.3) is 0 Å². The molecule has 78 valence electrons. The number of hydrogen-bond acceptors (Lipinski definition) is 3. The third kappa shape index (κ3) is 3.38. The topological polar surface area (TPSA) is 42.4 Å². The Morgan fingerprint density at radius 2 is 2.29 bits per heavy atom. The Morgan fingerprint density at radius 1 is 1.64 bits per heavy atom. The second-order valence-electron chi connectivity index (χ2n) is 3.51. The Balaban J connectivity index is 2.73. The van der Waals surface area contributed by atoms with Gasteiger partial charge in [0, 0.05) is 6.20 Å². The Bertz CT molecular complexity index is 325. The van der Waals surface area contributed by atoms with Crippen molar-refractivity contribution in [2.75, 3.05) is 6.61 Å². The van der Waals surface area contributed by atoms with Gasteiger partial charge in [0.25, 0.3) is 5.88 Å². The van der Waals surface area contributed by atoms with Crippen LogP contribution in [-0.2, 0) is 0 Å². The minimum absolute atomic E-state index is 0.0109. The van der Waals surface area contributed by atoms with E-state index in [1.165, 1.54) is 6.20 Å². The molecule has 0 aliphatic rings. The molecule has 1 aromatic rings. The molecule has 1 heterocycles. The molecule has 0 fully saturated rings. The number of pyridine rings is 1. The van der Waals surface area contributed by atoms with Crippen LogP contribution in [0.2, 0.25) is 0 Å². The van der Waals surface area contributed by atoms with Crippen LogP contribution < -0.4 is 4.74 Å². The van der Waals surface area contributed by atoms with E-state index in [4.69, 9.17) is 4.74 Å². The van der Waals surface area contributed by atoms with E-state index in [2.05, 4.69) is 4.98 Å². The van der Waals surface area contributed by atoms with Gasteiger partial charge in [-0.05, 0) is 42.5 Å². The lowest BCUT2D eigenvalue weighted by atomic mass is 10.2. The van der Waals surface area contributed by atoms with Crippen molar-refractivity contribution in [2.24, 2.45) is 0 Å². The van der Waals surface area contributed by atoms with Crippen LogP contribution >= 0.6 is 22.6 Å². The number of aromatic nitrogens is 1. The van der Waals surface area contributed by atoms with E-state index in [0.717, 1.165) is 0 Å². The standard InChI is InChI=1S/C9H11FINO2/c1-9(2,13)5-14-8-7(10)6(11)3-4-12-8/h3-4,13H,5H2,1-2H3. The van der Waals surface area contributed by atoms with Gasteiger partial charge in [0.05, 0.1) is 9.17 Å². The summed E-state index contributed by atoms with van der Waals surface area (Å²) in [6.45, 7) is 3.18. The van der Waals surface area contributed by atoms with Gasteiger partial charge in [-0.25, -0.2) is 4.98 Å². The number of rotatable bonds is 3. The zero-order valence-electron chi connectivity index (χ0n) is 7.92. The second kappa shape index (κ2) is 4.39. The average Bonchev–Trinajstić information content (AvgIpc) is 2.06. The van der Waals surface area contributed by atoms with Crippen molar-refractivity contribution in [1.29, 1.82) is 0 Å². The maximum atomic E-state index is 13.3. The minimum Gasteiger partial charge on any atom is -0.473 e. The molecule has 0 atom stereocenters. The number of aliphatic hydroxyl groups is 1. The molecule has 0 spiro atoms. The van der Waals surface area contributed by atoms with E-state index >= 15 is 0 Å². The van der Waals surface area contributed by atoms with Crippen molar-refractivity contribution in [2.45, 2.75) is 19.4 Å². The first kappa shape index (κ1) is 11.6. The molecule has 0 aliphatic heterocycles. The molecule has 5 heteroatoms. The van der Waals surface area contributed by atoms with Gasteiger partial charge in [0.15, 0.2) is 5.82 Å². The summed E-state index contributed by atoms with van der Waals surface area (Å²) >= 11 is 1.85. The van der Waals surface area contributed by atoms with Crippen LogP contribution in [0.15, 0.2) is 12.3 Å². The predicted molar refractivity (Wildman–Crippen MR) is 58.7 cm³/mol. The molecule has 0 aliphatic carbocycles. The molecule has 0 saturated carbocycles. The lowest BCUT2D eigenvalue weighted by molar-refractivity contribution is 0.0253. The number of nitrogens with zero attached hydrogens (tertiary/aromatic N) is 1. The molecule has 1 aromatic heterocycles. The van der Waals surface area contributed by atoms with E-state index in [0.29, 0.717) is 3.57 Å². The molecule has 14 heavy (non-hydrogen) atoms. The number of halogens is 2. The summed E-state index contributed by atoms with van der Waals surface area (Å²) in [6, 6.07) is 1.55. The zero-order valence-corrected chi connectivity index (χ0v) is 10.1. The van der Waals surface area contributed by atoms with Crippen molar-refractivity contribution in [3.05, 3.63) is 21.7 Å². The van der Waals surface area contributed by atoms with Crippen LogP contribution in [-0.4, -0.2) is 22.3 Å². The summed E-state index contributed by atoms with van der Waals surface area (Å²) in [5.74, 6) is -0.559. The van der Waals surface area contributed by atoms with Gasteiger partial charge < -0.3 is 9.84 Å². The van der Waals surface area contributed by atoms with Crippen molar-refractivity contribution in [1.82, 2.24) is 4.98 Å². The Kier molecular flexibility index (Phi) is 3.65. The number of ether oxygens (including phenoxy) is 1. The molecule has 0 aromatic carbocycles. The molecule has 1 rings (SSSR count). The molecular weight excluding hydrogens is 300 g/mol. The summed E-state index contributed by atoms with van der Waals surface area (Å²) in [6.07, 6.45) is 1.46. The molecule has 3 nitrogen and oxygen atoms in total. The van der Waals surface area contributed by atoms with Crippen molar-refractivity contribution in [3.63, 3.8) is 0 Å². The third-order valence-electron chi connectivity index (χ3n) is 1.37. The number of hydrogen-bond donors (Lipinski definition) is 1. The molecule has 0 unspecified atom stereocenters. The van der Waals surface area contributed by atoms with E-state index in [1.54, 1.807) is 19.9 Å². The zero-order chi connectivity index (χ0) is 10.8. The van der Waals surface area contributed by atoms with Crippen molar-refractivity contribution < 1.29 is 14.2 Å². The first-order valence-electron chi connectivity index (χ1n) is 4.05. The SMILES string of the molecule is CC(C)(O)COc1nccc(I)c1F. The van der Waals surface area contributed by atoms with E-state index in [9.17, 15) is 9.50 Å².